The molecule has 1 nitrogen and oxygen atoms in total. The van der Waals surface area contributed by atoms with Crippen LogP contribution in [0.4, 0.5) is 17.1 Å². The minimum Gasteiger partial charge on any atom is -0.310 e. The molecule has 0 spiro atoms. The highest BCUT2D eigenvalue weighted by molar-refractivity contribution is 7.26. The number of hydrogen-bond acceptors (Lipinski definition) is 3. The van der Waals surface area contributed by atoms with Crippen molar-refractivity contribution in [1.82, 2.24) is 0 Å². The second-order valence-corrected chi connectivity index (χ2v) is 17.9. The summed E-state index contributed by atoms with van der Waals surface area (Å²) >= 11 is 3.75. The van der Waals surface area contributed by atoms with E-state index in [0.717, 1.165) is 17.1 Å². The monoisotopic (exact) mass is 811 g/mol. The summed E-state index contributed by atoms with van der Waals surface area (Å²) in [7, 11) is 0. The van der Waals surface area contributed by atoms with Crippen molar-refractivity contribution >= 4 is 90.9 Å². The van der Waals surface area contributed by atoms with E-state index in [1.165, 1.54) is 95.6 Å². The van der Waals surface area contributed by atoms with Gasteiger partial charge in [-0.2, -0.15) is 0 Å². The lowest BCUT2D eigenvalue weighted by Gasteiger charge is -2.27. The summed E-state index contributed by atoms with van der Waals surface area (Å²) in [5.74, 6) is 0. The van der Waals surface area contributed by atoms with E-state index in [2.05, 4.69) is 229 Å². The van der Waals surface area contributed by atoms with E-state index in [0.29, 0.717) is 0 Å². The molecular formula is C58H37NS2. The molecule has 0 unspecified atom stereocenters. The van der Waals surface area contributed by atoms with Gasteiger partial charge < -0.3 is 4.90 Å². The van der Waals surface area contributed by atoms with Crippen molar-refractivity contribution in [3.05, 3.63) is 224 Å². The molecule has 0 fully saturated rings. The first-order valence-corrected chi connectivity index (χ1v) is 22.4. The average molecular weight is 812 g/mol. The van der Waals surface area contributed by atoms with Crippen molar-refractivity contribution in [2.45, 2.75) is 0 Å². The third kappa shape index (κ3) is 6.38. The van der Waals surface area contributed by atoms with E-state index in [1.54, 1.807) is 0 Å². The summed E-state index contributed by atoms with van der Waals surface area (Å²) in [6, 6.07) is 82.5. The third-order valence-electron chi connectivity index (χ3n) is 12.0. The minimum absolute atomic E-state index is 1.10. The zero-order valence-electron chi connectivity index (χ0n) is 33.1. The van der Waals surface area contributed by atoms with Crippen LogP contribution >= 0.6 is 22.7 Å². The van der Waals surface area contributed by atoms with Gasteiger partial charge in [0.05, 0.1) is 0 Å². The van der Waals surface area contributed by atoms with Crippen LogP contribution in [0.5, 0.6) is 0 Å². The lowest BCUT2D eigenvalue weighted by atomic mass is 9.97. The number of benzene rings is 10. The summed E-state index contributed by atoms with van der Waals surface area (Å²) < 4.78 is 5.29. The summed E-state index contributed by atoms with van der Waals surface area (Å²) in [4.78, 5) is 2.40. The van der Waals surface area contributed by atoms with Gasteiger partial charge in [-0.25, -0.2) is 0 Å². The van der Waals surface area contributed by atoms with E-state index in [4.69, 9.17) is 0 Å². The predicted molar refractivity (Wildman–Crippen MR) is 266 cm³/mol. The van der Waals surface area contributed by atoms with Gasteiger partial charge in [-0.15, -0.1) is 22.7 Å². The van der Waals surface area contributed by atoms with Gasteiger partial charge in [-0.05, 0) is 122 Å². The fourth-order valence-corrected chi connectivity index (χ4v) is 11.4. The Morgan fingerprint density at radius 3 is 1.56 bits per heavy atom. The van der Waals surface area contributed by atoms with Crippen LogP contribution in [0.3, 0.4) is 0 Å². The van der Waals surface area contributed by atoms with Crippen molar-refractivity contribution in [3.8, 4) is 44.5 Å². The molecule has 3 heteroatoms. The van der Waals surface area contributed by atoms with Crippen molar-refractivity contribution in [3.63, 3.8) is 0 Å². The Hall–Kier alpha value is -7.30. The quantitative estimate of drug-likeness (QED) is 0.155. The molecule has 0 aliphatic carbocycles. The van der Waals surface area contributed by atoms with Gasteiger partial charge in [0.15, 0.2) is 0 Å². The molecule has 0 aliphatic heterocycles. The van der Waals surface area contributed by atoms with Crippen LogP contribution < -0.4 is 4.90 Å². The van der Waals surface area contributed by atoms with Crippen LogP contribution in [-0.4, -0.2) is 0 Å². The van der Waals surface area contributed by atoms with E-state index in [1.807, 2.05) is 22.7 Å². The number of nitrogens with zero attached hydrogens (tertiary/aromatic N) is 1. The molecule has 12 rings (SSSR count). The summed E-state index contributed by atoms with van der Waals surface area (Å²) in [5.41, 5.74) is 13.0. The Balaban J connectivity index is 0.959. The molecule has 286 valence electrons. The standard InChI is InChI=1S/C58H37NS2/c1-2-12-40-33-44(26-25-38(40)11-1)39-27-30-47(31-28-39)59(49-18-9-15-43(36-49)45-29-32-53-51-19-3-5-23-55(51)60-57(53)37-45)48-17-8-14-42(35-48)41-13-7-16-46(34-41)50-21-10-22-54-52-20-4-6-24-56(52)61-58(50)54/h1-37H. The summed E-state index contributed by atoms with van der Waals surface area (Å²) in [6.45, 7) is 0. The van der Waals surface area contributed by atoms with Crippen molar-refractivity contribution in [2.24, 2.45) is 0 Å². The molecule has 0 radical (unpaired) electrons. The molecule has 0 aliphatic rings. The maximum absolute atomic E-state index is 2.40. The summed E-state index contributed by atoms with van der Waals surface area (Å²) in [6.07, 6.45) is 0. The van der Waals surface area contributed by atoms with Crippen LogP contribution in [0, 0.1) is 0 Å². The molecule has 0 saturated carbocycles. The van der Waals surface area contributed by atoms with Gasteiger partial charge in [0.1, 0.15) is 0 Å². The fraction of sp³-hybridized carbons (Fsp3) is 0. The highest BCUT2D eigenvalue weighted by Crippen LogP contribution is 2.43. The van der Waals surface area contributed by atoms with E-state index in [9.17, 15) is 0 Å². The highest BCUT2D eigenvalue weighted by Gasteiger charge is 2.17. The Kier molecular flexibility index (Phi) is 8.62. The topological polar surface area (TPSA) is 3.24 Å². The number of thiophene rings is 2. The first-order valence-electron chi connectivity index (χ1n) is 20.7. The number of rotatable bonds is 7. The lowest BCUT2D eigenvalue weighted by Crippen LogP contribution is -2.10. The second-order valence-electron chi connectivity index (χ2n) is 15.7. The van der Waals surface area contributed by atoms with E-state index < -0.39 is 0 Å². The molecule has 0 bridgehead atoms. The first kappa shape index (κ1) is 35.6. The van der Waals surface area contributed by atoms with Gasteiger partial charge in [0, 0.05) is 57.4 Å². The maximum Gasteiger partial charge on any atom is 0.0467 e. The molecule has 0 amide bonds. The molecule has 2 aromatic heterocycles. The van der Waals surface area contributed by atoms with Crippen molar-refractivity contribution < 1.29 is 0 Å². The Morgan fingerprint density at radius 1 is 0.262 bits per heavy atom. The predicted octanol–water partition coefficient (Wildman–Crippen LogP) is 17.7. The molecule has 2 heterocycles. The van der Waals surface area contributed by atoms with Gasteiger partial charge in [0.2, 0.25) is 0 Å². The molecule has 12 aromatic rings. The smallest absolute Gasteiger partial charge is 0.0467 e. The van der Waals surface area contributed by atoms with Gasteiger partial charge in [-0.3, -0.25) is 0 Å². The van der Waals surface area contributed by atoms with Crippen molar-refractivity contribution in [1.29, 1.82) is 0 Å². The zero-order chi connectivity index (χ0) is 40.3. The molecule has 10 aromatic carbocycles. The molecule has 61 heavy (non-hydrogen) atoms. The van der Waals surface area contributed by atoms with Crippen molar-refractivity contribution in [2.75, 3.05) is 4.90 Å². The molecule has 0 atom stereocenters. The lowest BCUT2D eigenvalue weighted by molar-refractivity contribution is 1.28. The van der Waals surface area contributed by atoms with Gasteiger partial charge in [0.25, 0.3) is 0 Å². The second kappa shape index (κ2) is 14.8. The molecule has 0 saturated heterocycles. The number of hydrogen-bond donors (Lipinski definition) is 0. The zero-order valence-corrected chi connectivity index (χ0v) is 34.8. The Labute approximate surface area is 362 Å². The number of anilines is 3. The number of fused-ring (bicyclic) bond motifs is 7. The van der Waals surface area contributed by atoms with Crippen LogP contribution in [0.1, 0.15) is 0 Å². The molecular weight excluding hydrogens is 775 g/mol. The Bertz CT molecular complexity index is 3610. The average Bonchev–Trinajstić information content (AvgIpc) is 3.90. The van der Waals surface area contributed by atoms with Crippen LogP contribution in [0.15, 0.2) is 224 Å². The Morgan fingerprint density at radius 2 is 0.787 bits per heavy atom. The highest BCUT2D eigenvalue weighted by atomic mass is 32.1. The van der Waals surface area contributed by atoms with E-state index >= 15 is 0 Å². The van der Waals surface area contributed by atoms with Crippen LogP contribution in [-0.2, 0) is 0 Å². The summed E-state index contributed by atoms with van der Waals surface area (Å²) in [5, 5.41) is 7.78. The van der Waals surface area contributed by atoms with Gasteiger partial charge in [-0.1, -0.05) is 158 Å². The molecule has 0 N–H and O–H groups in total. The maximum atomic E-state index is 2.40. The first-order chi connectivity index (χ1) is 30.2. The van der Waals surface area contributed by atoms with Gasteiger partial charge >= 0.3 is 0 Å². The fourth-order valence-electron chi connectivity index (χ4n) is 9.01. The third-order valence-corrected chi connectivity index (χ3v) is 14.4. The van der Waals surface area contributed by atoms with Crippen LogP contribution in [0.25, 0.3) is 95.6 Å². The normalized spacial score (nSPS) is 11.6. The SMILES string of the molecule is c1cc(-c2cccc(N(c3ccc(-c4ccc5ccccc5c4)cc3)c3cccc(-c4ccc5c(c4)sc4ccccc45)c3)c2)cc(-c2cccc3c2sc2ccccc23)c1. The van der Waals surface area contributed by atoms with Crippen LogP contribution in [0.2, 0.25) is 0 Å². The largest absolute Gasteiger partial charge is 0.310 e. The minimum atomic E-state index is 1.10. The van der Waals surface area contributed by atoms with E-state index in [-0.39, 0.29) is 0 Å².